The first-order valence-corrected chi connectivity index (χ1v) is 7.20. The lowest BCUT2D eigenvalue weighted by atomic mass is 10.1. The van der Waals surface area contributed by atoms with Crippen LogP contribution in [0.25, 0.3) is 0 Å². The lowest BCUT2D eigenvalue weighted by molar-refractivity contribution is 0.911. The summed E-state index contributed by atoms with van der Waals surface area (Å²) >= 11 is 0. The monoisotopic (exact) mass is 274 g/mol. The largest absolute Gasteiger partial charge is 0.341 e. The van der Waals surface area contributed by atoms with E-state index in [4.69, 9.17) is 0 Å². The van der Waals surface area contributed by atoms with Gasteiger partial charge in [-0.2, -0.15) is 0 Å². The van der Waals surface area contributed by atoms with E-state index in [1.807, 2.05) is 12.4 Å². The van der Waals surface area contributed by atoms with Gasteiger partial charge in [0.05, 0.1) is 0 Å². The first kappa shape index (κ1) is 13.4. The van der Waals surface area contributed by atoms with Gasteiger partial charge in [0.1, 0.15) is 0 Å². The fraction of sp³-hybridized carbons (Fsp3) is 0.105. The molecule has 0 saturated carbocycles. The van der Waals surface area contributed by atoms with Crippen LogP contribution in [-0.2, 0) is 6.42 Å². The van der Waals surface area contributed by atoms with Gasteiger partial charge in [-0.1, -0.05) is 36.4 Å². The molecule has 0 unspecified atom stereocenters. The van der Waals surface area contributed by atoms with Crippen LogP contribution in [0.4, 0.5) is 11.4 Å². The standard InChI is InChI=1S/C19H18N2/c1-3-7-18(8-4-1)21(19-9-5-2-6-10-19)16-13-17-11-14-20-15-12-17/h1-12,14-15H,13,16H2. The van der Waals surface area contributed by atoms with Gasteiger partial charge in [-0.25, -0.2) is 0 Å². The van der Waals surface area contributed by atoms with Crippen molar-refractivity contribution in [1.82, 2.24) is 4.98 Å². The van der Waals surface area contributed by atoms with Crippen molar-refractivity contribution in [3.05, 3.63) is 90.8 Å². The van der Waals surface area contributed by atoms with Crippen molar-refractivity contribution < 1.29 is 0 Å². The van der Waals surface area contributed by atoms with Gasteiger partial charge in [0, 0.05) is 30.3 Å². The highest BCUT2D eigenvalue weighted by Crippen LogP contribution is 2.24. The molecule has 104 valence electrons. The Morgan fingerprint density at radius 2 is 1.19 bits per heavy atom. The Labute approximate surface area is 125 Å². The Kier molecular flexibility index (Phi) is 4.27. The lowest BCUT2D eigenvalue weighted by Crippen LogP contribution is -2.20. The minimum Gasteiger partial charge on any atom is -0.341 e. The van der Waals surface area contributed by atoms with Crippen LogP contribution in [0.3, 0.4) is 0 Å². The molecule has 2 nitrogen and oxygen atoms in total. The molecule has 21 heavy (non-hydrogen) atoms. The molecule has 0 spiro atoms. The molecule has 3 aromatic rings. The number of pyridine rings is 1. The van der Waals surface area contributed by atoms with Gasteiger partial charge in [0.25, 0.3) is 0 Å². The highest BCUT2D eigenvalue weighted by atomic mass is 15.1. The Hall–Kier alpha value is -2.61. The summed E-state index contributed by atoms with van der Waals surface area (Å²) in [5.41, 5.74) is 3.75. The van der Waals surface area contributed by atoms with Crippen LogP contribution in [0.2, 0.25) is 0 Å². The second kappa shape index (κ2) is 6.71. The number of anilines is 2. The molecule has 0 aliphatic carbocycles. The van der Waals surface area contributed by atoms with Gasteiger partial charge >= 0.3 is 0 Å². The summed E-state index contributed by atoms with van der Waals surface area (Å²) in [6.07, 6.45) is 4.70. The molecule has 0 saturated heterocycles. The van der Waals surface area contributed by atoms with E-state index in [0.29, 0.717) is 0 Å². The zero-order valence-electron chi connectivity index (χ0n) is 11.9. The van der Waals surface area contributed by atoms with Crippen LogP contribution in [0.5, 0.6) is 0 Å². The summed E-state index contributed by atoms with van der Waals surface area (Å²) in [7, 11) is 0. The van der Waals surface area contributed by atoms with E-state index < -0.39 is 0 Å². The van der Waals surface area contributed by atoms with E-state index in [1.54, 1.807) is 0 Å². The summed E-state index contributed by atoms with van der Waals surface area (Å²) in [4.78, 5) is 6.42. The van der Waals surface area contributed by atoms with Crippen molar-refractivity contribution in [2.24, 2.45) is 0 Å². The average molecular weight is 274 g/mol. The normalized spacial score (nSPS) is 10.3. The smallest absolute Gasteiger partial charge is 0.0410 e. The summed E-state index contributed by atoms with van der Waals surface area (Å²) in [5, 5.41) is 0. The Bertz CT molecular complexity index is 611. The van der Waals surface area contributed by atoms with Crippen LogP contribution in [0, 0.1) is 0 Å². The SMILES string of the molecule is c1ccc(N(CCc2ccncc2)c2ccccc2)cc1. The van der Waals surface area contributed by atoms with Crippen LogP contribution >= 0.6 is 0 Å². The number of rotatable bonds is 5. The number of aromatic nitrogens is 1. The number of hydrogen-bond donors (Lipinski definition) is 0. The van der Waals surface area contributed by atoms with E-state index >= 15 is 0 Å². The van der Waals surface area contributed by atoms with E-state index in [0.717, 1.165) is 13.0 Å². The molecule has 0 bridgehead atoms. The highest BCUT2D eigenvalue weighted by molar-refractivity contribution is 5.62. The van der Waals surface area contributed by atoms with Gasteiger partial charge in [-0.15, -0.1) is 0 Å². The quantitative estimate of drug-likeness (QED) is 0.682. The third-order valence-corrected chi connectivity index (χ3v) is 3.51. The van der Waals surface area contributed by atoms with Gasteiger partial charge in [0.2, 0.25) is 0 Å². The minimum absolute atomic E-state index is 0.942. The molecule has 0 N–H and O–H groups in total. The maximum absolute atomic E-state index is 4.08. The van der Waals surface area contributed by atoms with Gasteiger partial charge in [-0.05, 0) is 48.4 Å². The van der Waals surface area contributed by atoms with Crippen LogP contribution in [0.15, 0.2) is 85.2 Å². The van der Waals surface area contributed by atoms with Crippen molar-refractivity contribution in [2.45, 2.75) is 6.42 Å². The third-order valence-electron chi connectivity index (χ3n) is 3.51. The minimum atomic E-state index is 0.942. The molecular weight excluding hydrogens is 256 g/mol. The Morgan fingerprint density at radius 1 is 0.667 bits per heavy atom. The summed E-state index contributed by atoms with van der Waals surface area (Å²) in [5.74, 6) is 0. The molecule has 0 amide bonds. The highest BCUT2D eigenvalue weighted by Gasteiger charge is 2.08. The maximum Gasteiger partial charge on any atom is 0.0410 e. The van der Waals surface area contributed by atoms with Gasteiger partial charge in [-0.3, -0.25) is 4.98 Å². The summed E-state index contributed by atoms with van der Waals surface area (Å²) in [6.45, 7) is 0.942. The first-order chi connectivity index (χ1) is 10.4. The summed E-state index contributed by atoms with van der Waals surface area (Å²) < 4.78 is 0. The fourth-order valence-corrected chi connectivity index (χ4v) is 2.41. The van der Waals surface area contributed by atoms with Crippen LogP contribution in [-0.4, -0.2) is 11.5 Å². The predicted molar refractivity (Wildman–Crippen MR) is 87.8 cm³/mol. The number of hydrogen-bond acceptors (Lipinski definition) is 2. The van der Waals surface area contributed by atoms with Gasteiger partial charge in [0.15, 0.2) is 0 Å². The zero-order chi connectivity index (χ0) is 14.3. The molecule has 0 radical (unpaired) electrons. The molecule has 2 heteroatoms. The van der Waals surface area contributed by atoms with E-state index in [1.165, 1.54) is 16.9 Å². The average Bonchev–Trinajstić information content (AvgIpc) is 2.58. The number of benzene rings is 2. The van der Waals surface area contributed by atoms with Crippen LogP contribution in [0.1, 0.15) is 5.56 Å². The molecule has 2 aromatic carbocycles. The molecule has 0 atom stereocenters. The van der Waals surface area contributed by atoms with Crippen molar-refractivity contribution in [1.29, 1.82) is 0 Å². The fourth-order valence-electron chi connectivity index (χ4n) is 2.41. The Morgan fingerprint density at radius 3 is 1.71 bits per heavy atom. The third kappa shape index (κ3) is 3.48. The first-order valence-electron chi connectivity index (χ1n) is 7.20. The molecule has 0 aliphatic heterocycles. The van der Waals surface area contributed by atoms with Gasteiger partial charge < -0.3 is 4.90 Å². The van der Waals surface area contributed by atoms with Crippen molar-refractivity contribution in [2.75, 3.05) is 11.4 Å². The zero-order valence-corrected chi connectivity index (χ0v) is 11.9. The molecule has 0 fully saturated rings. The number of nitrogens with zero attached hydrogens (tertiary/aromatic N) is 2. The van der Waals surface area contributed by atoms with E-state index in [-0.39, 0.29) is 0 Å². The molecular formula is C19H18N2. The van der Waals surface area contributed by atoms with E-state index in [9.17, 15) is 0 Å². The van der Waals surface area contributed by atoms with Crippen molar-refractivity contribution >= 4 is 11.4 Å². The number of para-hydroxylation sites is 2. The molecule has 1 heterocycles. The molecule has 3 rings (SSSR count). The maximum atomic E-state index is 4.08. The topological polar surface area (TPSA) is 16.1 Å². The molecule has 0 aliphatic rings. The van der Waals surface area contributed by atoms with Crippen molar-refractivity contribution in [3.63, 3.8) is 0 Å². The second-order valence-electron chi connectivity index (χ2n) is 4.93. The van der Waals surface area contributed by atoms with Crippen molar-refractivity contribution in [3.8, 4) is 0 Å². The van der Waals surface area contributed by atoms with E-state index in [2.05, 4.69) is 82.7 Å². The summed E-state index contributed by atoms with van der Waals surface area (Å²) in [6, 6.07) is 25.2. The Balaban J connectivity index is 1.83. The second-order valence-corrected chi connectivity index (χ2v) is 4.93. The molecule has 1 aromatic heterocycles. The van der Waals surface area contributed by atoms with Crippen LogP contribution < -0.4 is 4.90 Å². The predicted octanol–water partition coefficient (Wildman–Crippen LogP) is 4.46. The lowest BCUT2D eigenvalue weighted by Gasteiger charge is -2.25.